The maximum Gasteiger partial charge on any atom is 0.393 e. The van der Waals surface area contributed by atoms with E-state index in [0.717, 1.165) is 0 Å². The summed E-state index contributed by atoms with van der Waals surface area (Å²) in [5.74, 6) is -0.885. The molecule has 0 atom stereocenters. The lowest BCUT2D eigenvalue weighted by Crippen LogP contribution is -2.21. The number of aromatic nitrogens is 1. The van der Waals surface area contributed by atoms with E-state index < -0.39 is 18.5 Å². The Morgan fingerprint density at radius 2 is 2.00 bits per heavy atom. The van der Waals surface area contributed by atoms with Gasteiger partial charge in [-0.15, -0.1) is 0 Å². The number of nitrogens with zero attached hydrogens (tertiary/aromatic N) is 1. The molecular weight excluding hydrogens is 221 g/mol. The number of pyridine rings is 1. The van der Waals surface area contributed by atoms with Crippen molar-refractivity contribution in [3.8, 4) is 0 Å². The molecule has 0 fully saturated rings. The molecule has 0 aliphatic heterocycles. The van der Waals surface area contributed by atoms with Gasteiger partial charge >= 0.3 is 6.18 Å². The topological polar surface area (TPSA) is 56.0 Å². The van der Waals surface area contributed by atoms with Crippen LogP contribution < -0.4 is 5.73 Å². The van der Waals surface area contributed by atoms with Gasteiger partial charge in [0.1, 0.15) is 0 Å². The first-order chi connectivity index (χ1) is 7.20. The third-order valence-corrected chi connectivity index (χ3v) is 2.05. The summed E-state index contributed by atoms with van der Waals surface area (Å²) in [5.41, 5.74) is 5.44. The van der Waals surface area contributed by atoms with Gasteiger partial charge < -0.3 is 5.73 Å². The molecule has 1 amide bonds. The fourth-order valence-electron chi connectivity index (χ4n) is 1.60. The largest absolute Gasteiger partial charge is 0.393 e. The molecule has 1 heterocycles. The predicted molar refractivity (Wildman–Crippen MR) is 52.0 cm³/mol. The lowest BCUT2D eigenvalue weighted by Gasteiger charge is -2.12. The highest BCUT2D eigenvalue weighted by molar-refractivity contribution is 5.95. The molecule has 0 unspecified atom stereocenters. The van der Waals surface area contributed by atoms with Crippen molar-refractivity contribution in [2.24, 2.45) is 5.73 Å². The molecule has 0 aliphatic rings. The maximum absolute atomic E-state index is 12.3. The Hall–Kier alpha value is -1.59. The van der Waals surface area contributed by atoms with Crippen molar-refractivity contribution < 1.29 is 18.0 Å². The first-order valence-corrected chi connectivity index (χ1v) is 4.54. The number of hydrogen-bond donors (Lipinski definition) is 1. The van der Waals surface area contributed by atoms with Gasteiger partial charge in [-0.2, -0.15) is 13.2 Å². The Balaban J connectivity index is 3.30. The van der Waals surface area contributed by atoms with Crippen molar-refractivity contribution in [3.05, 3.63) is 28.6 Å². The SMILES string of the molecule is Cc1cc(CC(F)(F)F)c(C(N)=O)c(C)n1. The third kappa shape index (κ3) is 2.95. The van der Waals surface area contributed by atoms with Gasteiger partial charge in [0.05, 0.1) is 17.7 Å². The van der Waals surface area contributed by atoms with E-state index in [1.165, 1.54) is 13.0 Å². The van der Waals surface area contributed by atoms with Crippen LogP contribution in [0.25, 0.3) is 0 Å². The Kier molecular flexibility index (Phi) is 3.21. The number of carbonyl (C=O) groups excluding carboxylic acids is 1. The molecule has 3 nitrogen and oxygen atoms in total. The molecule has 1 aromatic rings. The smallest absolute Gasteiger partial charge is 0.366 e. The molecule has 0 saturated heterocycles. The molecule has 16 heavy (non-hydrogen) atoms. The minimum Gasteiger partial charge on any atom is -0.366 e. The number of alkyl halides is 3. The van der Waals surface area contributed by atoms with Crippen molar-refractivity contribution in [1.82, 2.24) is 4.98 Å². The fraction of sp³-hybridized carbons (Fsp3) is 0.400. The zero-order chi connectivity index (χ0) is 12.5. The highest BCUT2D eigenvalue weighted by atomic mass is 19.4. The van der Waals surface area contributed by atoms with E-state index in [4.69, 9.17) is 5.73 Å². The molecule has 88 valence electrons. The van der Waals surface area contributed by atoms with Gasteiger partial charge in [-0.3, -0.25) is 9.78 Å². The van der Waals surface area contributed by atoms with Crippen molar-refractivity contribution in [2.45, 2.75) is 26.4 Å². The van der Waals surface area contributed by atoms with Crippen LogP contribution in [0.5, 0.6) is 0 Å². The molecule has 6 heteroatoms. The van der Waals surface area contributed by atoms with Gasteiger partial charge in [0.15, 0.2) is 0 Å². The van der Waals surface area contributed by atoms with Gasteiger partial charge in [-0.25, -0.2) is 0 Å². The first kappa shape index (κ1) is 12.5. The summed E-state index contributed by atoms with van der Waals surface area (Å²) in [6.45, 7) is 3.03. The highest BCUT2D eigenvalue weighted by Crippen LogP contribution is 2.24. The average Bonchev–Trinajstić information content (AvgIpc) is 1.96. The second-order valence-electron chi connectivity index (χ2n) is 3.54. The molecular formula is C10H11F3N2O. The third-order valence-electron chi connectivity index (χ3n) is 2.05. The lowest BCUT2D eigenvalue weighted by molar-refractivity contribution is -0.127. The van der Waals surface area contributed by atoms with Gasteiger partial charge in [-0.05, 0) is 25.5 Å². The van der Waals surface area contributed by atoms with E-state index in [0.29, 0.717) is 5.69 Å². The first-order valence-electron chi connectivity index (χ1n) is 4.54. The molecule has 0 spiro atoms. The van der Waals surface area contributed by atoms with Gasteiger partial charge in [-0.1, -0.05) is 0 Å². The van der Waals surface area contributed by atoms with Crippen LogP contribution in [0.2, 0.25) is 0 Å². The second kappa shape index (κ2) is 4.11. The number of amides is 1. The lowest BCUT2D eigenvalue weighted by atomic mass is 10.0. The van der Waals surface area contributed by atoms with E-state index in [-0.39, 0.29) is 16.8 Å². The summed E-state index contributed by atoms with van der Waals surface area (Å²) in [6.07, 6.45) is -5.54. The van der Waals surface area contributed by atoms with Crippen molar-refractivity contribution in [3.63, 3.8) is 0 Å². The van der Waals surface area contributed by atoms with Crippen LogP contribution in [0.3, 0.4) is 0 Å². The Labute approximate surface area is 90.5 Å². The minimum atomic E-state index is -4.37. The van der Waals surface area contributed by atoms with E-state index in [9.17, 15) is 18.0 Å². The quantitative estimate of drug-likeness (QED) is 0.846. The average molecular weight is 232 g/mol. The number of carbonyl (C=O) groups is 1. The normalized spacial score (nSPS) is 11.6. The van der Waals surface area contributed by atoms with Crippen molar-refractivity contribution in [2.75, 3.05) is 0 Å². The van der Waals surface area contributed by atoms with E-state index in [1.54, 1.807) is 6.92 Å². The summed E-state index contributed by atoms with van der Waals surface area (Å²) < 4.78 is 36.8. The summed E-state index contributed by atoms with van der Waals surface area (Å²) in [6, 6.07) is 1.24. The summed E-state index contributed by atoms with van der Waals surface area (Å²) in [7, 11) is 0. The number of nitrogens with two attached hydrogens (primary N) is 1. The van der Waals surface area contributed by atoms with Crippen LogP contribution in [0, 0.1) is 13.8 Å². The Bertz CT molecular complexity index is 427. The highest BCUT2D eigenvalue weighted by Gasteiger charge is 2.30. The summed E-state index contributed by atoms with van der Waals surface area (Å²) >= 11 is 0. The number of primary amides is 1. The maximum atomic E-state index is 12.3. The van der Waals surface area contributed by atoms with Crippen LogP contribution in [-0.4, -0.2) is 17.1 Å². The van der Waals surface area contributed by atoms with Crippen LogP contribution in [0.15, 0.2) is 6.07 Å². The van der Waals surface area contributed by atoms with E-state index >= 15 is 0 Å². The van der Waals surface area contributed by atoms with Crippen molar-refractivity contribution >= 4 is 5.91 Å². The number of rotatable bonds is 2. The zero-order valence-corrected chi connectivity index (χ0v) is 8.85. The van der Waals surface area contributed by atoms with Gasteiger partial charge in [0.25, 0.3) is 5.91 Å². The molecule has 0 radical (unpaired) electrons. The monoisotopic (exact) mass is 232 g/mol. The van der Waals surface area contributed by atoms with Crippen LogP contribution >= 0.6 is 0 Å². The molecule has 1 aromatic heterocycles. The van der Waals surface area contributed by atoms with Gasteiger partial charge in [0, 0.05) is 5.69 Å². The van der Waals surface area contributed by atoms with E-state index in [1.807, 2.05) is 0 Å². The standard InChI is InChI=1S/C10H11F3N2O/c1-5-3-7(4-10(11,12)13)8(9(14)16)6(2)15-5/h3H,4H2,1-2H3,(H2,14,16). The Morgan fingerprint density at radius 1 is 1.44 bits per heavy atom. The summed E-state index contributed by atoms with van der Waals surface area (Å²) in [4.78, 5) is 15.0. The molecule has 2 N–H and O–H groups in total. The molecule has 0 aromatic carbocycles. The number of aryl methyl sites for hydroxylation is 2. The predicted octanol–water partition coefficient (Wildman–Crippen LogP) is 1.90. The van der Waals surface area contributed by atoms with E-state index in [2.05, 4.69) is 4.98 Å². The van der Waals surface area contributed by atoms with Crippen LogP contribution in [0.4, 0.5) is 13.2 Å². The number of hydrogen-bond acceptors (Lipinski definition) is 2. The van der Waals surface area contributed by atoms with Gasteiger partial charge in [0.2, 0.25) is 0 Å². The van der Waals surface area contributed by atoms with Crippen LogP contribution in [-0.2, 0) is 6.42 Å². The fourth-order valence-corrected chi connectivity index (χ4v) is 1.60. The zero-order valence-electron chi connectivity index (χ0n) is 8.85. The molecule has 0 aliphatic carbocycles. The molecule has 0 saturated carbocycles. The Morgan fingerprint density at radius 3 is 2.44 bits per heavy atom. The molecule has 0 bridgehead atoms. The van der Waals surface area contributed by atoms with Crippen molar-refractivity contribution in [1.29, 1.82) is 0 Å². The van der Waals surface area contributed by atoms with Crippen LogP contribution in [0.1, 0.15) is 27.3 Å². The minimum absolute atomic E-state index is 0.120. The molecule has 1 rings (SSSR count). The number of halogens is 3. The summed E-state index contributed by atoms with van der Waals surface area (Å²) in [5, 5.41) is 0. The second-order valence-corrected chi connectivity index (χ2v) is 3.54.